The lowest BCUT2D eigenvalue weighted by Gasteiger charge is -2.07. The number of aromatic nitrogens is 2. The summed E-state index contributed by atoms with van der Waals surface area (Å²) in [5, 5.41) is 4.57. The summed E-state index contributed by atoms with van der Waals surface area (Å²) < 4.78 is 4.60. The van der Waals surface area contributed by atoms with Crippen LogP contribution < -0.4 is 10.9 Å². The van der Waals surface area contributed by atoms with Crippen molar-refractivity contribution in [1.29, 1.82) is 0 Å². The zero-order valence-corrected chi connectivity index (χ0v) is 15.4. The minimum Gasteiger partial charge on any atom is -0.329 e. The van der Waals surface area contributed by atoms with E-state index in [1.165, 1.54) is 0 Å². The monoisotopic (exact) mass is 428 g/mol. The molecule has 0 fully saturated rings. The summed E-state index contributed by atoms with van der Waals surface area (Å²) in [6, 6.07) is 9.66. The minimum atomic E-state index is -0.0487. The fraction of sp³-hybridized carbons (Fsp3) is 0.333. The smallest absolute Gasteiger partial charge is 0.295 e. The maximum atomic E-state index is 12.8. The van der Waals surface area contributed by atoms with E-state index in [9.17, 15) is 4.79 Å². The number of nitrogens with one attached hydrogen (secondary N) is 1. The molecule has 0 spiro atoms. The lowest BCUT2D eigenvalue weighted by atomic mass is 10.3. The van der Waals surface area contributed by atoms with Crippen LogP contribution in [0.5, 0.6) is 0 Å². The summed E-state index contributed by atoms with van der Waals surface area (Å²) in [5.41, 5.74) is 2.31. The van der Waals surface area contributed by atoms with Gasteiger partial charge >= 0.3 is 0 Å². The highest BCUT2D eigenvalue weighted by Crippen LogP contribution is 2.24. The molecule has 0 saturated carbocycles. The zero-order valence-electron chi connectivity index (χ0n) is 12.4. The first-order valence-corrected chi connectivity index (χ1v) is 9.40. The second-order valence-corrected chi connectivity index (χ2v) is 7.27. The summed E-state index contributed by atoms with van der Waals surface area (Å²) >= 11 is 4.08. The molecule has 0 bridgehead atoms. The minimum absolute atomic E-state index is 0.0487. The molecule has 22 heavy (non-hydrogen) atoms. The maximum Gasteiger partial charge on any atom is 0.295 e. The van der Waals surface area contributed by atoms with Crippen LogP contribution in [0, 0.1) is 6.92 Å². The van der Waals surface area contributed by atoms with Crippen molar-refractivity contribution in [3.05, 3.63) is 46.4 Å². The highest BCUT2D eigenvalue weighted by molar-refractivity contribution is 14.1. The third-order valence-corrected chi connectivity index (χ3v) is 6.44. The average molecular weight is 428 g/mol. The largest absolute Gasteiger partial charge is 0.329 e. The van der Waals surface area contributed by atoms with E-state index in [4.69, 9.17) is 0 Å². The second-order valence-electron chi connectivity index (χ2n) is 5.10. The van der Waals surface area contributed by atoms with Crippen LogP contribution in [-0.2, 0) is 7.05 Å². The highest BCUT2D eigenvalue weighted by atomic mass is 127. The van der Waals surface area contributed by atoms with Crippen LogP contribution >= 0.6 is 34.4 Å². The summed E-state index contributed by atoms with van der Waals surface area (Å²) in [7, 11) is 1.89. The Morgan fingerprint density at radius 2 is 2.14 bits per heavy atom. The molecule has 1 aliphatic rings. The lowest BCUT2D eigenvalue weighted by molar-refractivity contribution is 0.630. The molecule has 1 aromatic heterocycles. The van der Waals surface area contributed by atoms with E-state index >= 15 is 0 Å². The standard InChI is InChI=1S/C15H17IN4OS/c1-10-13(18-15-17-9-12(8-16)22-15)14(21)20(19(10)2)11-6-4-3-5-7-11/h3-7,12H,8-9H2,1-2H3,(H,17,18). The molecule has 1 aromatic carbocycles. The molecule has 1 unspecified atom stereocenters. The van der Waals surface area contributed by atoms with Gasteiger partial charge in [-0.1, -0.05) is 52.6 Å². The molecule has 0 radical (unpaired) electrons. The van der Waals surface area contributed by atoms with E-state index in [2.05, 4.69) is 32.9 Å². The van der Waals surface area contributed by atoms with Crippen molar-refractivity contribution in [3.63, 3.8) is 0 Å². The number of aliphatic imine (C=N–C) groups is 1. The molecule has 0 amide bonds. The molecular weight excluding hydrogens is 411 g/mol. The van der Waals surface area contributed by atoms with Crippen molar-refractivity contribution in [2.75, 3.05) is 16.3 Å². The van der Waals surface area contributed by atoms with Gasteiger partial charge < -0.3 is 5.32 Å². The number of amidine groups is 1. The lowest BCUT2D eigenvalue weighted by Crippen LogP contribution is -2.22. The predicted molar refractivity (Wildman–Crippen MR) is 102 cm³/mol. The van der Waals surface area contributed by atoms with Gasteiger partial charge in [0.1, 0.15) is 5.69 Å². The maximum absolute atomic E-state index is 12.8. The second kappa shape index (κ2) is 6.49. The Hall–Kier alpha value is -1.22. The van der Waals surface area contributed by atoms with Gasteiger partial charge in [-0.15, -0.1) is 0 Å². The Morgan fingerprint density at radius 1 is 1.41 bits per heavy atom. The molecule has 2 aromatic rings. The Bertz CT molecular complexity index is 766. The van der Waals surface area contributed by atoms with Crippen molar-refractivity contribution in [2.24, 2.45) is 12.0 Å². The number of hydrogen-bond donors (Lipinski definition) is 1. The van der Waals surface area contributed by atoms with Gasteiger partial charge in [0, 0.05) is 16.7 Å². The number of rotatable bonds is 3. The van der Waals surface area contributed by atoms with Gasteiger partial charge in [0.05, 0.1) is 17.9 Å². The Balaban J connectivity index is 1.96. The first-order chi connectivity index (χ1) is 10.6. The van der Waals surface area contributed by atoms with E-state index in [1.807, 2.05) is 49.0 Å². The quantitative estimate of drug-likeness (QED) is 0.605. The molecule has 1 atom stereocenters. The van der Waals surface area contributed by atoms with Gasteiger partial charge in [0.2, 0.25) is 0 Å². The third-order valence-electron chi connectivity index (χ3n) is 3.68. The Kier molecular flexibility index (Phi) is 4.62. The SMILES string of the molecule is Cc1c(NC2=NCC(CI)S2)c(=O)n(-c2ccccc2)n1C. The van der Waals surface area contributed by atoms with E-state index in [-0.39, 0.29) is 5.56 Å². The predicted octanol–water partition coefficient (Wildman–Crippen LogP) is 2.80. The van der Waals surface area contributed by atoms with Crippen molar-refractivity contribution >= 4 is 45.2 Å². The van der Waals surface area contributed by atoms with Gasteiger partial charge in [-0.3, -0.25) is 14.5 Å². The molecule has 5 nitrogen and oxygen atoms in total. The van der Waals surface area contributed by atoms with E-state index in [0.29, 0.717) is 10.9 Å². The summed E-state index contributed by atoms with van der Waals surface area (Å²) in [4.78, 5) is 17.2. The molecule has 116 valence electrons. The third kappa shape index (κ3) is 2.83. The van der Waals surface area contributed by atoms with Crippen molar-refractivity contribution in [2.45, 2.75) is 12.2 Å². The molecule has 1 N–H and O–H groups in total. The Morgan fingerprint density at radius 3 is 2.77 bits per heavy atom. The van der Waals surface area contributed by atoms with Gasteiger partial charge in [-0.05, 0) is 19.1 Å². The van der Waals surface area contributed by atoms with Crippen LogP contribution in [0.1, 0.15) is 5.69 Å². The number of nitrogens with zero attached hydrogens (tertiary/aromatic N) is 3. The first kappa shape index (κ1) is 15.7. The first-order valence-electron chi connectivity index (χ1n) is 7.00. The van der Waals surface area contributed by atoms with Gasteiger partial charge in [-0.2, -0.15) is 0 Å². The molecule has 2 heterocycles. The normalized spacial score (nSPS) is 17.6. The van der Waals surface area contributed by atoms with Crippen LogP contribution in [0.4, 0.5) is 5.69 Å². The van der Waals surface area contributed by atoms with E-state index < -0.39 is 0 Å². The van der Waals surface area contributed by atoms with Crippen molar-refractivity contribution in [3.8, 4) is 5.69 Å². The van der Waals surface area contributed by atoms with Crippen LogP contribution in [-0.4, -0.2) is 30.8 Å². The molecule has 0 saturated heterocycles. The average Bonchev–Trinajstić information content (AvgIpc) is 3.07. The van der Waals surface area contributed by atoms with Crippen LogP contribution in [0.3, 0.4) is 0 Å². The van der Waals surface area contributed by atoms with Gasteiger partial charge in [0.15, 0.2) is 5.17 Å². The van der Waals surface area contributed by atoms with Crippen LogP contribution in [0.25, 0.3) is 5.69 Å². The zero-order chi connectivity index (χ0) is 15.7. The highest BCUT2D eigenvalue weighted by Gasteiger charge is 2.22. The summed E-state index contributed by atoms with van der Waals surface area (Å²) in [6.45, 7) is 2.76. The summed E-state index contributed by atoms with van der Waals surface area (Å²) in [6.07, 6.45) is 0. The number of alkyl halides is 1. The van der Waals surface area contributed by atoms with E-state index in [1.54, 1.807) is 16.4 Å². The fourth-order valence-electron chi connectivity index (χ4n) is 2.39. The fourth-order valence-corrected chi connectivity index (χ4v) is 4.04. The topological polar surface area (TPSA) is 51.3 Å². The van der Waals surface area contributed by atoms with Crippen LogP contribution in [0.2, 0.25) is 0 Å². The molecule has 0 aliphatic carbocycles. The van der Waals surface area contributed by atoms with Crippen molar-refractivity contribution < 1.29 is 0 Å². The molecular formula is C15H17IN4OS. The number of benzene rings is 1. The Labute approximate surface area is 146 Å². The number of anilines is 1. The number of para-hydroxylation sites is 1. The molecule has 1 aliphatic heterocycles. The molecule has 7 heteroatoms. The van der Waals surface area contributed by atoms with Gasteiger partial charge in [-0.25, -0.2) is 4.68 Å². The van der Waals surface area contributed by atoms with E-state index in [0.717, 1.165) is 27.5 Å². The van der Waals surface area contributed by atoms with Crippen molar-refractivity contribution in [1.82, 2.24) is 9.36 Å². The number of halogens is 1. The van der Waals surface area contributed by atoms with Crippen LogP contribution in [0.15, 0.2) is 40.1 Å². The van der Waals surface area contributed by atoms with Gasteiger partial charge in [0.25, 0.3) is 5.56 Å². The number of thioether (sulfide) groups is 1. The number of hydrogen-bond acceptors (Lipinski definition) is 4. The molecule has 3 rings (SSSR count). The summed E-state index contributed by atoms with van der Waals surface area (Å²) in [5.74, 6) is 0.